The van der Waals surface area contributed by atoms with Crippen LogP contribution in [-0.4, -0.2) is 24.2 Å². The molecule has 1 heterocycles. The molecule has 0 unspecified atom stereocenters. The topological polar surface area (TPSA) is 62.5 Å². The zero-order chi connectivity index (χ0) is 16.9. The number of aryl methyl sites for hydroxylation is 2. The normalized spacial score (nSPS) is 10.9. The maximum absolute atomic E-state index is 12.9. The van der Waals surface area contributed by atoms with Crippen molar-refractivity contribution in [3.05, 3.63) is 71.2 Å². The number of amides is 1. The summed E-state index contributed by atoms with van der Waals surface area (Å²) in [5.74, 6) is 0.340. The number of aliphatic hydroxyl groups excluding tert-OH is 1. The van der Waals surface area contributed by atoms with Gasteiger partial charge in [0, 0.05) is 23.9 Å². The summed E-state index contributed by atoms with van der Waals surface area (Å²) in [5.41, 5.74) is 2.19. The van der Waals surface area contributed by atoms with Crippen molar-refractivity contribution in [2.45, 2.75) is 12.8 Å². The fourth-order valence-electron chi connectivity index (χ4n) is 2.54. The van der Waals surface area contributed by atoms with Gasteiger partial charge < -0.3 is 14.8 Å². The molecule has 1 aromatic heterocycles. The van der Waals surface area contributed by atoms with Gasteiger partial charge in [-0.15, -0.1) is 0 Å². The molecule has 0 aliphatic rings. The van der Waals surface area contributed by atoms with Gasteiger partial charge in [-0.05, 0) is 42.3 Å². The first-order valence-electron chi connectivity index (χ1n) is 7.81. The Hall–Kier alpha value is -2.66. The van der Waals surface area contributed by atoms with E-state index in [1.165, 1.54) is 12.1 Å². The first-order chi connectivity index (χ1) is 11.7. The van der Waals surface area contributed by atoms with Crippen molar-refractivity contribution < 1.29 is 18.7 Å². The fourth-order valence-corrected chi connectivity index (χ4v) is 2.54. The Labute approximate surface area is 138 Å². The summed E-state index contributed by atoms with van der Waals surface area (Å²) in [6.45, 7) is 0.125. The van der Waals surface area contributed by atoms with Gasteiger partial charge in [-0.25, -0.2) is 4.39 Å². The van der Waals surface area contributed by atoms with Crippen molar-refractivity contribution >= 4 is 16.9 Å². The van der Waals surface area contributed by atoms with Gasteiger partial charge in [-0.3, -0.25) is 4.79 Å². The lowest BCUT2D eigenvalue weighted by molar-refractivity contribution is 0.0945. The number of hydrogen-bond donors (Lipinski definition) is 2. The molecule has 0 saturated carbocycles. The Bertz CT molecular complexity index is 839. The number of hydrogen-bond acceptors (Lipinski definition) is 3. The predicted octanol–water partition coefficient (Wildman–Crippen LogP) is 3.08. The Morgan fingerprint density at radius 1 is 1.08 bits per heavy atom. The summed E-state index contributed by atoms with van der Waals surface area (Å²) < 4.78 is 18.7. The minimum atomic E-state index is -0.241. The molecule has 0 radical (unpaired) electrons. The third-order valence-corrected chi connectivity index (χ3v) is 3.80. The van der Waals surface area contributed by atoms with Gasteiger partial charge in [0.25, 0.3) is 5.91 Å². The van der Waals surface area contributed by atoms with Crippen molar-refractivity contribution in [2.24, 2.45) is 0 Å². The molecule has 1 amide bonds. The summed E-state index contributed by atoms with van der Waals surface area (Å²) in [4.78, 5) is 11.9. The SMILES string of the molecule is O=C(NCCO)c1ccc2cc(CCc3ccc(F)cc3)oc2c1. The van der Waals surface area contributed by atoms with Crippen LogP contribution in [0.4, 0.5) is 4.39 Å². The molecule has 4 nitrogen and oxygen atoms in total. The summed E-state index contributed by atoms with van der Waals surface area (Å²) in [5, 5.41) is 12.3. The van der Waals surface area contributed by atoms with Gasteiger partial charge in [0.15, 0.2) is 0 Å². The van der Waals surface area contributed by atoms with Crippen LogP contribution < -0.4 is 5.32 Å². The number of aliphatic hydroxyl groups is 1. The van der Waals surface area contributed by atoms with E-state index in [0.29, 0.717) is 17.6 Å². The molecule has 3 aromatic rings. The molecule has 0 spiro atoms. The highest BCUT2D eigenvalue weighted by atomic mass is 19.1. The maximum Gasteiger partial charge on any atom is 0.251 e. The Morgan fingerprint density at radius 3 is 2.62 bits per heavy atom. The van der Waals surface area contributed by atoms with Crippen molar-refractivity contribution in [3.63, 3.8) is 0 Å². The number of fused-ring (bicyclic) bond motifs is 1. The van der Waals surface area contributed by atoms with Crippen LogP contribution in [0.25, 0.3) is 11.0 Å². The Kier molecular flexibility index (Phi) is 4.91. The lowest BCUT2D eigenvalue weighted by Gasteiger charge is -2.02. The van der Waals surface area contributed by atoms with Gasteiger partial charge in [-0.2, -0.15) is 0 Å². The van der Waals surface area contributed by atoms with E-state index in [4.69, 9.17) is 9.52 Å². The van der Waals surface area contributed by atoms with E-state index < -0.39 is 0 Å². The lowest BCUT2D eigenvalue weighted by atomic mass is 10.1. The molecule has 124 valence electrons. The van der Waals surface area contributed by atoms with Crippen molar-refractivity contribution in [2.75, 3.05) is 13.2 Å². The van der Waals surface area contributed by atoms with Gasteiger partial charge in [-0.1, -0.05) is 18.2 Å². The van der Waals surface area contributed by atoms with E-state index in [1.807, 2.05) is 12.1 Å². The van der Waals surface area contributed by atoms with E-state index in [2.05, 4.69) is 5.32 Å². The molecular weight excluding hydrogens is 309 g/mol. The number of halogens is 1. The van der Waals surface area contributed by atoms with Gasteiger partial charge in [0.2, 0.25) is 0 Å². The van der Waals surface area contributed by atoms with Crippen LogP contribution in [0.5, 0.6) is 0 Å². The van der Waals surface area contributed by atoms with E-state index in [0.717, 1.165) is 23.1 Å². The molecule has 0 aliphatic carbocycles. The monoisotopic (exact) mass is 327 g/mol. The highest BCUT2D eigenvalue weighted by molar-refractivity contribution is 5.97. The number of benzene rings is 2. The van der Waals surface area contributed by atoms with Crippen LogP contribution in [0.2, 0.25) is 0 Å². The van der Waals surface area contributed by atoms with Crippen LogP contribution in [0, 0.1) is 5.82 Å². The first kappa shape index (κ1) is 16.2. The fraction of sp³-hybridized carbons (Fsp3) is 0.211. The molecule has 3 rings (SSSR count). The standard InChI is InChI=1S/C19H18FNO3/c20-16-6-1-13(2-7-16)3-8-17-11-14-4-5-15(12-18(14)24-17)19(23)21-9-10-22/h1-2,4-7,11-12,22H,3,8-10H2,(H,21,23). The number of nitrogens with one attached hydrogen (secondary N) is 1. The first-order valence-corrected chi connectivity index (χ1v) is 7.81. The van der Waals surface area contributed by atoms with Gasteiger partial charge in [0.05, 0.1) is 6.61 Å². The minimum Gasteiger partial charge on any atom is -0.461 e. The van der Waals surface area contributed by atoms with Crippen LogP contribution in [0.15, 0.2) is 52.9 Å². The molecule has 0 aliphatic heterocycles. The van der Waals surface area contributed by atoms with Crippen LogP contribution >= 0.6 is 0 Å². The average molecular weight is 327 g/mol. The number of carbonyl (C=O) groups is 1. The molecule has 2 aromatic carbocycles. The average Bonchev–Trinajstić information content (AvgIpc) is 3.01. The third-order valence-electron chi connectivity index (χ3n) is 3.80. The van der Waals surface area contributed by atoms with Gasteiger partial charge >= 0.3 is 0 Å². The van der Waals surface area contributed by atoms with Crippen molar-refractivity contribution in [1.29, 1.82) is 0 Å². The van der Waals surface area contributed by atoms with E-state index in [9.17, 15) is 9.18 Å². The molecule has 5 heteroatoms. The Morgan fingerprint density at radius 2 is 1.88 bits per heavy atom. The van der Waals surface area contributed by atoms with Crippen LogP contribution in [-0.2, 0) is 12.8 Å². The minimum absolute atomic E-state index is 0.0950. The van der Waals surface area contributed by atoms with Gasteiger partial charge in [0.1, 0.15) is 17.2 Å². The summed E-state index contributed by atoms with van der Waals surface area (Å²) in [7, 11) is 0. The molecule has 0 bridgehead atoms. The maximum atomic E-state index is 12.9. The summed E-state index contributed by atoms with van der Waals surface area (Å²) in [6, 6.07) is 13.7. The van der Waals surface area contributed by atoms with Crippen molar-refractivity contribution in [3.8, 4) is 0 Å². The molecule has 0 saturated heterocycles. The smallest absolute Gasteiger partial charge is 0.251 e. The summed E-state index contributed by atoms with van der Waals surface area (Å²) in [6.07, 6.45) is 1.45. The zero-order valence-corrected chi connectivity index (χ0v) is 13.1. The summed E-state index contributed by atoms with van der Waals surface area (Å²) >= 11 is 0. The quantitative estimate of drug-likeness (QED) is 0.731. The second kappa shape index (κ2) is 7.27. The number of rotatable bonds is 6. The van der Waals surface area contributed by atoms with E-state index in [-0.39, 0.29) is 24.9 Å². The van der Waals surface area contributed by atoms with E-state index in [1.54, 1.807) is 24.3 Å². The largest absolute Gasteiger partial charge is 0.461 e. The second-order valence-electron chi connectivity index (χ2n) is 5.57. The molecule has 2 N–H and O–H groups in total. The van der Waals surface area contributed by atoms with Crippen molar-refractivity contribution in [1.82, 2.24) is 5.32 Å². The Balaban J connectivity index is 1.71. The molecule has 0 atom stereocenters. The third kappa shape index (κ3) is 3.81. The second-order valence-corrected chi connectivity index (χ2v) is 5.57. The predicted molar refractivity (Wildman–Crippen MR) is 89.4 cm³/mol. The lowest BCUT2D eigenvalue weighted by Crippen LogP contribution is -2.26. The highest BCUT2D eigenvalue weighted by Crippen LogP contribution is 2.22. The van der Waals surface area contributed by atoms with Crippen LogP contribution in [0.3, 0.4) is 0 Å². The molecular formula is C19H18FNO3. The highest BCUT2D eigenvalue weighted by Gasteiger charge is 2.09. The van der Waals surface area contributed by atoms with E-state index >= 15 is 0 Å². The molecule has 0 fully saturated rings. The van der Waals surface area contributed by atoms with Crippen LogP contribution in [0.1, 0.15) is 21.7 Å². The number of furan rings is 1. The number of carbonyl (C=O) groups excluding carboxylic acids is 1. The zero-order valence-electron chi connectivity index (χ0n) is 13.1. The molecule has 24 heavy (non-hydrogen) atoms.